The van der Waals surface area contributed by atoms with Crippen molar-refractivity contribution in [3.63, 3.8) is 0 Å². The number of carbonyl (C=O) groups is 1. The number of ether oxygens (including phenoxy) is 3. The van der Waals surface area contributed by atoms with Crippen LogP contribution in [0.15, 0.2) is 46.3 Å². The number of fused-ring (bicyclic) bond motifs is 1. The van der Waals surface area contributed by atoms with E-state index in [-0.39, 0.29) is 10.5 Å². The molecule has 1 heterocycles. The molecule has 0 atom stereocenters. The van der Waals surface area contributed by atoms with Gasteiger partial charge in [-0.1, -0.05) is 17.4 Å². The molecule has 1 amide bonds. The van der Waals surface area contributed by atoms with Gasteiger partial charge in [-0.3, -0.25) is 4.79 Å². The molecule has 0 aliphatic carbocycles. The zero-order valence-corrected chi connectivity index (χ0v) is 20.2. The summed E-state index contributed by atoms with van der Waals surface area (Å²) in [5.74, 6) is 0.612. The average Bonchev–Trinajstić information content (AvgIpc) is 3.12. The van der Waals surface area contributed by atoms with E-state index in [0.717, 1.165) is 10.2 Å². The van der Waals surface area contributed by atoms with Crippen LogP contribution in [0.3, 0.4) is 0 Å². The van der Waals surface area contributed by atoms with E-state index in [2.05, 4.69) is 4.99 Å². The van der Waals surface area contributed by atoms with E-state index in [1.807, 2.05) is 16.7 Å². The van der Waals surface area contributed by atoms with Gasteiger partial charge in [0.25, 0.3) is 5.91 Å². The van der Waals surface area contributed by atoms with Crippen molar-refractivity contribution in [1.29, 1.82) is 0 Å². The minimum absolute atomic E-state index is 0.103. The van der Waals surface area contributed by atoms with E-state index in [0.29, 0.717) is 29.5 Å². The zero-order valence-electron chi connectivity index (χ0n) is 18.6. The smallest absolute Gasteiger partial charge is 0.279 e. The quantitative estimate of drug-likeness (QED) is 0.493. The highest BCUT2D eigenvalue weighted by Gasteiger charge is 2.20. The van der Waals surface area contributed by atoms with Gasteiger partial charge >= 0.3 is 0 Å². The highest BCUT2D eigenvalue weighted by Crippen LogP contribution is 2.33. The summed E-state index contributed by atoms with van der Waals surface area (Å²) in [6.45, 7) is 4.10. The van der Waals surface area contributed by atoms with Crippen molar-refractivity contribution >= 4 is 37.3 Å². The second-order valence-corrected chi connectivity index (χ2v) is 10.8. The molecule has 0 saturated carbocycles. The molecule has 0 aliphatic rings. The van der Waals surface area contributed by atoms with Crippen LogP contribution in [-0.2, 0) is 21.1 Å². The molecule has 0 bridgehead atoms. The van der Waals surface area contributed by atoms with Crippen LogP contribution in [0.25, 0.3) is 10.2 Å². The molecule has 8 nitrogen and oxygen atoms in total. The fraction of sp³-hybridized carbons (Fsp3) is 0.364. The molecule has 2 aromatic carbocycles. The van der Waals surface area contributed by atoms with Crippen LogP contribution in [-0.4, -0.2) is 52.1 Å². The first-order valence-corrected chi connectivity index (χ1v) is 12.3. The summed E-state index contributed by atoms with van der Waals surface area (Å²) >= 11 is 1.33. The number of benzene rings is 2. The molecule has 0 fully saturated rings. The van der Waals surface area contributed by atoms with Crippen molar-refractivity contribution in [2.45, 2.75) is 30.5 Å². The number of hydrogen-bond donors (Lipinski definition) is 0. The molecule has 0 radical (unpaired) electrons. The van der Waals surface area contributed by atoms with Gasteiger partial charge < -0.3 is 18.8 Å². The van der Waals surface area contributed by atoms with E-state index in [4.69, 9.17) is 14.2 Å². The molecule has 10 heteroatoms. The standard InChI is InChI=1S/C22H26N2O6S2/c1-14(2)32(26,27)16-8-6-7-15(11-16)21(25)23-22-24(9-10-28-3)17-12-18(29-4)19(30-5)13-20(17)31-22/h6-8,11-14H,9-10H2,1-5H3. The molecule has 32 heavy (non-hydrogen) atoms. The molecule has 3 aromatic rings. The molecule has 0 saturated heterocycles. The van der Waals surface area contributed by atoms with Gasteiger partial charge in [-0.05, 0) is 32.0 Å². The Morgan fingerprint density at radius 1 is 1.09 bits per heavy atom. The summed E-state index contributed by atoms with van der Waals surface area (Å²) < 4.78 is 43.7. The molecular formula is C22H26N2O6S2. The first-order chi connectivity index (χ1) is 15.2. The fourth-order valence-electron chi connectivity index (χ4n) is 3.11. The predicted molar refractivity (Wildman–Crippen MR) is 123 cm³/mol. The van der Waals surface area contributed by atoms with Gasteiger partial charge in [0.15, 0.2) is 26.1 Å². The lowest BCUT2D eigenvalue weighted by Crippen LogP contribution is -2.19. The molecule has 0 spiro atoms. The van der Waals surface area contributed by atoms with Crippen molar-refractivity contribution in [3.8, 4) is 11.5 Å². The van der Waals surface area contributed by atoms with Crippen molar-refractivity contribution in [1.82, 2.24) is 4.57 Å². The Hall–Kier alpha value is -2.69. The van der Waals surface area contributed by atoms with Crippen LogP contribution in [0.4, 0.5) is 0 Å². The summed E-state index contributed by atoms with van der Waals surface area (Å²) in [5.41, 5.74) is 1.03. The van der Waals surface area contributed by atoms with Gasteiger partial charge in [0.1, 0.15) is 0 Å². The second kappa shape index (κ2) is 9.85. The third-order valence-electron chi connectivity index (χ3n) is 4.93. The maximum atomic E-state index is 13.0. The van der Waals surface area contributed by atoms with Gasteiger partial charge in [-0.2, -0.15) is 4.99 Å². The third-order valence-corrected chi connectivity index (χ3v) is 8.13. The molecule has 0 unspecified atom stereocenters. The molecule has 1 aromatic heterocycles. The molecule has 172 valence electrons. The van der Waals surface area contributed by atoms with E-state index in [9.17, 15) is 13.2 Å². The first-order valence-electron chi connectivity index (χ1n) is 9.90. The zero-order chi connectivity index (χ0) is 23.5. The highest BCUT2D eigenvalue weighted by molar-refractivity contribution is 7.92. The number of rotatable bonds is 8. The fourth-order valence-corrected chi connectivity index (χ4v) is 5.28. The van der Waals surface area contributed by atoms with Crippen molar-refractivity contribution < 1.29 is 27.4 Å². The number of carbonyl (C=O) groups excluding carboxylic acids is 1. The lowest BCUT2D eigenvalue weighted by Gasteiger charge is -2.09. The molecule has 0 N–H and O–H groups in total. The summed E-state index contributed by atoms with van der Waals surface area (Å²) in [7, 11) is 1.21. The highest BCUT2D eigenvalue weighted by atomic mass is 32.2. The largest absolute Gasteiger partial charge is 0.493 e. The lowest BCUT2D eigenvalue weighted by molar-refractivity contribution is 0.0997. The Bertz CT molecular complexity index is 1310. The minimum Gasteiger partial charge on any atom is -0.493 e. The van der Waals surface area contributed by atoms with Crippen LogP contribution < -0.4 is 14.3 Å². The SMILES string of the molecule is COCCn1c(=NC(=O)c2cccc(S(=O)(=O)C(C)C)c2)sc2cc(OC)c(OC)cc21. The predicted octanol–water partition coefficient (Wildman–Crippen LogP) is 3.29. The normalized spacial score (nSPS) is 12.5. The molecular weight excluding hydrogens is 452 g/mol. The van der Waals surface area contributed by atoms with E-state index in [1.165, 1.54) is 23.5 Å². The van der Waals surface area contributed by atoms with Gasteiger partial charge in [0.05, 0.1) is 41.2 Å². The van der Waals surface area contributed by atoms with Crippen molar-refractivity contribution in [2.75, 3.05) is 27.9 Å². The summed E-state index contributed by atoms with van der Waals surface area (Å²) in [4.78, 5) is 17.8. The van der Waals surface area contributed by atoms with Crippen LogP contribution in [0.5, 0.6) is 11.5 Å². The van der Waals surface area contributed by atoms with Crippen LogP contribution in [0.1, 0.15) is 24.2 Å². The van der Waals surface area contributed by atoms with E-state index in [1.54, 1.807) is 47.3 Å². The first kappa shape index (κ1) is 24.0. The number of thiazole rings is 1. The third kappa shape index (κ3) is 4.72. The summed E-state index contributed by atoms with van der Waals surface area (Å²) in [5, 5.41) is -0.589. The number of hydrogen-bond acceptors (Lipinski definition) is 7. The van der Waals surface area contributed by atoms with Crippen molar-refractivity contribution in [3.05, 3.63) is 46.8 Å². The number of methoxy groups -OCH3 is 3. The monoisotopic (exact) mass is 478 g/mol. The number of sulfone groups is 1. The van der Waals surface area contributed by atoms with E-state index < -0.39 is 21.0 Å². The van der Waals surface area contributed by atoms with Crippen molar-refractivity contribution in [2.24, 2.45) is 4.99 Å². The average molecular weight is 479 g/mol. The van der Waals surface area contributed by atoms with Gasteiger partial charge in [0.2, 0.25) is 0 Å². The Morgan fingerprint density at radius 2 is 1.78 bits per heavy atom. The summed E-state index contributed by atoms with van der Waals surface area (Å²) in [6, 6.07) is 9.64. The van der Waals surface area contributed by atoms with Crippen LogP contribution in [0.2, 0.25) is 0 Å². The second-order valence-electron chi connectivity index (χ2n) is 7.24. The maximum absolute atomic E-state index is 13.0. The Balaban J connectivity index is 2.14. The Morgan fingerprint density at radius 3 is 2.41 bits per heavy atom. The van der Waals surface area contributed by atoms with Crippen LogP contribution >= 0.6 is 11.3 Å². The van der Waals surface area contributed by atoms with Crippen LogP contribution in [0, 0.1) is 0 Å². The minimum atomic E-state index is -3.50. The molecule has 3 rings (SSSR count). The summed E-state index contributed by atoms with van der Waals surface area (Å²) in [6.07, 6.45) is 0. The number of nitrogens with zero attached hydrogens (tertiary/aromatic N) is 2. The van der Waals surface area contributed by atoms with Gasteiger partial charge in [-0.25, -0.2) is 8.42 Å². The Kier molecular flexibility index (Phi) is 7.37. The lowest BCUT2D eigenvalue weighted by atomic mass is 10.2. The Labute approximate surface area is 191 Å². The topological polar surface area (TPSA) is 96.2 Å². The van der Waals surface area contributed by atoms with Gasteiger partial charge in [-0.15, -0.1) is 0 Å². The maximum Gasteiger partial charge on any atom is 0.279 e. The molecule has 0 aliphatic heterocycles. The van der Waals surface area contributed by atoms with E-state index >= 15 is 0 Å². The number of aromatic nitrogens is 1. The number of amides is 1. The van der Waals surface area contributed by atoms with Gasteiger partial charge in [0, 0.05) is 31.4 Å².